The molecule has 0 aromatic carbocycles. The van der Waals surface area contributed by atoms with Crippen molar-refractivity contribution in [2.24, 2.45) is 0 Å². The van der Waals surface area contributed by atoms with E-state index in [4.69, 9.17) is 0 Å². The summed E-state index contributed by atoms with van der Waals surface area (Å²) in [6, 6.07) is 4.04. The predicted octanol–water partition coefficient (Wildman–Crippen LogP) is 1.56. The van der Waals surface area contributed by atoms with E-state index in [-0.39, 0.29) is 11.9 Å². The van der Waals surface area contributed by atoms with Gasteiger partial charge in [-0.25, -0.2) is 0 Å². The molecule has 1 amide bonds. The molecule has 0 saturated heterocycles. The third kappa shape index (κ3) is 3.80. The summed E-state index contributed by atoms with van der Waals surface area (Å²) in [4.78, 5) is 17.8. The molecule has 0 radical (unpaired) electrons. The highest BCUT2D eigenvalue weighted by atomic mass is 32.1. The van der Waals surface area contributed by atoms with Gasteiger partial charge in [-0.15, -0.1) is 10.2 Å². The van der Waals surface area contributed by atoms with Gasteiger partial charge in [0.1, 0.15) is 5.51 Å². The molecule has 0 bridgehead atoms. The standard InChI is InChI=1S/C12H15N5OS/c1-9(10-3-5-13-6-4-10)17(2)7-11(18)15-12-16-14-8-19-12/h3-6,8-9H,7H2,1-2H3,(H,15,16,18). The van der Waals surface area contributed by atoms with E-state index in [9.17, 15) is 4.79 Å². The van der Waals surface area contributed by atoms with Gasteiger partial charge >= 0.3 is 0 Å². The van der Waals surface area contributed by atoms with Gasteiger partial charge in [0.15, 0.2) is 0 Å². The maximum atomic E-state index is 11.8. The van der Waals surface area contributed by atoms with Crippen molar-refractivity contribution in [2.75, 3.05) is 18.9 Å². The molecule has 6 nitrogen and oxygen atoms in total. The fraction of sp³-hybridized carbons (Fsp3) is 0.333. The van der Waals surface area contributed by atoms with Gasteiger partial charge < -0.3 is 0 Å². The molecule has 19 heavy (non-hydrogen) atoms. The van der Waals surface area contributed by atoms with E-state index < -0.39 is 0 Å². The van der Waals surface area contributed by atoms with Crippen LogP contribution in [0.3, 0.4) is 0 Å². The predicted molar refractivity (Wildman–Crippen MR) is 73.8 cm³/mol. The summed E-state index contributed by atoms with van der Waals surface area (Å²) in [6.45, 7) is 2.34. The van der Waals surface area contributed by atoms with E-state index >= 15 is 0 Å². The Balaban J connectivity index is 1.90. The fourth-order valence-electron chi connectivity index (χ4n) is 1.65. The highest BCUT2D eigenvalue weighted by Gasteiger charge is 2.15. The van der Waals surface area contributed by atoms with Crippen LogP contribution in [0, 0.1) is 0 Å². The smallest absolute Gasteiger partial charge is 0.240 e. The summed E-state index contributed by atoms with van der Waals surface area (Å²) in [5, 5.41) is 10.7. The molecule has 0 saturated carbocycles. The van der Waals surface area contributed by atoms with Gasteiger partial charge in [0.05, 0.1) is 6.54 Å². The van der Waals surface area contributed by atoms with E-state index in [0.717, 1.165) is 5.56 Å². The molecule has 1 unspecified atom stereocenters. The SMILES string of the molecule is CC(c1ccncc1)N(C)CC(=O)Nc1nncs1. The molecule has 0 aliphatic heterocycles. The molecule has 2 rings (SSSR count). The Labute approximate surface area is 115 Å². The zero-order chi connectivity index (χ0) is 13.7. The Morgan fingerprint density at radius 2 is 2.21 bits per heavy atom. The number of rotatable bonds is 5. The molecule has 0 aliphatic rings. The summed E-state index contributed by atoms with van der Waals surface area (Å²) in [5.41, 5.74) is 2.71. The first-order valence-corrected chi connectivity index (χ1v) is 6.71. The lowest BCUT2D eigenvalue weighted by Crippen LogP contribution is -2.32. The summed E-state index contributed by atoms with van der Waals surface area (Å²) < 4.78 is 0. The van der Waals surface area contributed by atoms with E-state index in [1.54, 1.807) is 17.9 Å². The van der Waals surface area contributed by atoms with Crippen molar-refractivity contribution in [3.8, 4) is 0 Å². The number of carbonyl (C=O) groups is 1. The van der Waals surface area contributed by atoms with Crippen LogP contribution in [-0.2, 0) is 4.79 Å². The van der Waals surface area contributed by atoms with E-state index in [2.05, 4.69) is 20.5 Å². The first-order chi connectivity index (χ1) is 9.16. The average Bonchev–Trinajstić information content (AvgIpc) is 2.91. The summed E-state index contributed by atoms with van der Waals surface area (Å²) in [5.74, 6) is -0.0971. The number of nitrogens with zero attached hydrogens (tertiary/aromatic N) is 4. The molecule has 0 fully saturated rings. The first-order valence-electron chi connectivity index (χ1n) is 5.83. The molecular weight excluding hydrogens is 262 g/mol. The normalized spacial score (nSPS) is 12.4. The molecule has 2 aromatic rings. The largest absolute Gasteiger partial charge is 0.299 e. The maximum Gasteiger partial charge on any atom is 0.240 e. The molecule has 2 aromatic heterocycles. The second kappa shape index (κ2) is 6.35. The Bertz CT molecular complexity index is 516. The Morgan fingerprint density at radius 1 is 1.47 bits per heavy atom. The number of likely N-dealkylation sites (N-methyl/N-ethyl adjacent to an activating group) is 1. The number of hydrogen-bond donors (Lipinski definition) is 1. The lowest BCUT2D eigenvalue weighted by atomic mass is 10.1. The van der Waals surface area contributed by atoms with E-state index in [1.165, 1.54) is 11.3 Å². The van der Waals surface area contributed by atoms with Crippen LogP contribution >= 0.6 is 11.3 Å². The average molecular weight is 277 g/mol. The number of pyridine rings is 1. The molecule has 7 heteroatoms. The van der Waals surface area contributed by atoms with E-state index in [1.807, 2.05) is 31.0 Å². The first kappa shape index (κ1) is 13.6. The van der Waals surface area contributed by atoms with Crippen molar-refractivity contribution in [1.29, 1.82) is 0 Å². The van der Waals surface area contributed by atoms with Crippen LogP contribution in [0.25, 0.3) is 0 Å². The Hall–Kier alpha value is -1.86. The van der Waals surface area contributed by atoms with Crippen LogP contribution in [0.4, 0.5) is 5.13 Å². The van der Waals surface area contributed by atoms with Gasteiger partial charge in [-0.2, -0.15) is 0 Å². The third-order valence-corrected chi connectivity index (χ3v) is 3.46. The van der Waals surface area contributed by atoms with Gasteiger partial charge in [-0.1, -0.05) is 11.3 Å². The molecular formula is C12H15N5OS. The molecule has 1 N–H and O–H groups in total. The number of nitrogens with one attached hydrogen (secondary N) is 1. The van der Waals surface area contributed by atoms with Crippen molar-refractivity contribution in [3.05, 3.63) is 35.6 Å². The van der Waals surface area contributed by atoms with Crippen LogP contribution in [0.15, 0.2) is 30.0 Å². The topological polar surface area (TPSA) is 71.0 Å². The second-order valence-electron chi connectivity index (χ2n) is 4.16. The molecule has 1 atom stereocenters. The Morgan fingerprint density at radius 3 is 2.84 bits per heavy atom. The molecule has 0 spiro atoms. The van der Waals surface area contributed by atoms with Crippen molar-refractivity contribution in [2.45, 2.75) is 13.0 Å². The lowest BCUT2D eigenvalue weighted by molar-refractivity contribution is -0.117. The number of anilines is 1. The van der Waals surface area contributed by atoms with Crippen molar-refractivity contribution in [1.82, 2.24) is 20.1 Å². The monoisotopic (exact) mass is 277 g/mol. The van der Waals surface area contributed by atoms with Crippen LogP contribution < -0.4 is 5.32 Å². The number of hydrogen-bond acceptors (Lipinski definition) is 6. The third-order valence-electron chi connectivity index (χ3n) is 2.85. The summed E-state index contributed by atoms with van der Waals surface area (Å²) in [7, 11) is 1.91. The lowest BCUT2D eigenvalue weighted by Gasteiger charge is -2.24. The Kier molecular flexibility index (Phi) is 4.53. The maximum absolute atomic E-state index is 11.8. The van der Waals surface area contributed by atoms with Gasteiger partial charge in [0, 0.05) is 18.4 Å². The van der Waals surface area contributed by atoms with Gasteiger partial charge in [-0.3, -0.25) is 20.0 Å². The zero-order valence-corrected chi connectivity index (χ0v) is 11.6. The highest BCUT2D eigenvalue weighted by Crippen LogP contribution is 2.17. The van der Waals surface area contributed by atoms with Crippen LogP contribution in [0.5, 0.6) is 0 Å². The number of amides is 1. The van der Waals surface area contributed by atoms with Crippen molar-refractivity contribution >= 4 is 22.4 Å². The summed E-state index contributed by atoms with van der Waals surface area (Å²) >= 11 is 1.30. The van der Waals surface area contributed by atoms with Crippen LogP contribution in [0.1, 0.15) is 18.5 Å². The van der Waals surface area contributed by atoms with Gasteiger partial charge in [0.25, 0.3) is 0 Å². The molecule has 0 aliphatic carbocycles. The fourth-order valence-corrected chi connectivity index (χ4v) is 2.11. The molecule has 2 heterocycles. The van der Waals surface area contributed by atoms with Crippen molar-refractivity contribution < 1.29 is 4.79 Å². The minimum absolute atomic E-state index is 0.0971. The summed E-state index contributed by atoms with van der Waals surface area (Å²) in [6.07, 6.45) is 3.50. The minimum Gasteiger partial charge on any atom is -0.299 e. The zero-order valence-electron chi connectivity index (χ0n) is 10.8. The quantitative estimate of drug-likeness (QED) is 0.898. The van der Waals surface area contributed by atoms with Crippen LogP contribution in [-0.4, -0.2) is 39.6 Å². The van der Waals surface area contributed by atoms with E-state index in [0.29, 0.717) is 11.7 Å². The number of carbonyl (C=O) groups excluding carboxylic acids is 1. The van der Waals surface area contributed by atoms with Gasteiger partial charge in [-0.05, 0) is 31.7 Å². The van der Waals surface area contributed by atoms with Gasteiger partial charge in [0.2, 0.25) is 11.0 Å². The highest BCUT2D eigenvalue weighted by molar-refractivity contribution is 7.13. The minimum atomic E-state index is -0.0971. The second-order valence-corrected chi connectivity index (χ2v) is 5.00. The number of aromatic nitrogens is 3. The van der Waals surface area contributed by atoms with Crippen LogP contribution in [0.2, 0.25) is 0 Å². The van der Waals surface area contributed by atoms with Crippen molar-refractivity contribution in [3.63, 3.8) is 0 Å². The molecule has 100 valence electrons.